The molecule has 0 aliphatic heterocycles. The molecule has 0 N–H and O–H groups in total. The molecule has 0 saturated heterocycles. The fourth-order valence-corrected chi connectivity index (χ4v) is 3.69. The van der Waals surface area contributed by atoms with E-state index in [1.807, 2.05) is 6.92 Å². The minimum absolute atomic E-state index is 0.412. The number of ether oxygens (including phenoxy) is 2. The Hall–Kier alpha value is -0.733. The molecule has 106 valence electrons. The Morgan fingerprint density at radius 2 is 1.78 bits per heavy atom. The number of carbonyl (C=O) groups is 1. The van der Waals surface area contributed by atoms with Gasteiger partial charge in [-0.3, -0.25) is 0 Å². The molecule has 18 heavy (non-hydrogen) atoms. The summed E-state index contributed by atoms with van der Waals surface area (Å²) >= 11 is 0. The van der Waals surface area contributed by atoms with Crippen LogP contribution in [0.5, 0.6) is 0 Å². The molecule has 0 aromatic heterocycles. The fourth-order valence-electron chi connectivity index (χ4n) is 1.54. The van der Waals surface area contributed by atoms with E-state index in [0.717, 1.165) is 6.08 Å². The summed E-state index contributed by atoms with van der Waals surface area (Å²) in [6, 6.07) is 0. The van der Waals surface area contributed by atoms with Crippen LogP contribution in [0.25, 0.3) is 0 Å². The molecule has 7 heteroatoms. The van der Waals surface area contributed by atoms with Crippen LogP contribution in [0.3, 0.4) is 0 Å². The van der Waals surface area contributed by atoms with E-state index in [0.29, 0.717) is 6.42 Å². The third-order valence-corrected chi connectivity index (χ3v) is 5.46. The van der Waals surface area contributed by atoms with Crippen LogP contribution < -0.4 is 0 Å². The van der Waals surface area contributed by atoms with Gasteiger partial charge in [0.05, 0.1) is 0 Å². The maximum absolute atomic E-state index is 11.0. The maximum atomic E-state index is 11.0. The zero-order chi connectivity index (χ0) is 14.2. The third kappa shape index (κ3) is 4.50. The molecule has 0 aromatic carbocycles. The largest absolute Gasteiger partial charge is 0.530 e. The molecular weight excluding hydrogens is 256 g/mol. The van der Waals surface area contributed by atoms with Crippen molar-refractivity contribution in [2.45, 2.75) is 32.3 Å². The van der Waals surface area contributed by atoms with E-state index in [1.54, 1.807) is 6.92 Å². The summed E-state index contributed by atoms with van der Waals surface area (Å²) in [6.45, 7) is 6.84. The van der Waals surface area contributed by atoms with Crippen molar-refractivity contribution >= 4 is 14.8 Å². The standard InChI is InChI=1S/C11H22O6Si/c1-7-10(12)16-9(3)17-11(8-2)18(13-4,14-5)15-6/h7,9,11H,1,8H2,2-6H3. The molecule has 0 radical (unpaired) electrons. The Balaban J connectivity index is 4.66. The summed E-state index contributed by atoms with van der Waals surface area (Å²) in [5.41, 5.74) is -0.412. The van der Waals surface area contributed by atoms with Gasteiger partial charge in [-0.05, 0) is 13.3 Å². The van der Waals surface area contributed by atoms with E-state index in [9.17, 15) is 4.79 Å². The quantitative estimate of drug-likeness (QED) is 0.274. The van der Waals surface area contributed by atoms with E-state index in [1.165, 1.54) is 21.3 Å². The molecule has 2 atom stereocenters. The second-order valence-electron chi connectivity index (χ2n) is 3.46. The van der Waals surface area contributed by atoms with Crippen molar-refractivity contribution in [3.8, 4) is 0 Å². The first-order valence-electron chi connectivity index (χ1n) is 5.63. The van der Waals surface area contributed by atoms with Crippen LogP contribution in [0, 0.1) is 0 Å². The van der Waals surface area contributed by atoms with Gasteiger partial charge >= 0.3 is 14.8 Å². The average Bonchev–Trinajstić information content (AvgIpc) is 2.39. The number of hydrogen-bond donors (Lipinski definition) is 0. The number of hydrogen-bond acceptors (Lipinski definition) is 6. The van der Waals surface area contributed by atoms with Crippen LogP contribution in [0.4, 0.5) is 0 Å². The minimum atomic E-state index is -2.91. The molecule has 0 spiro atoms. The predicted octanol–water partition coefficient (Wildman–Crippen LogP) is 1.27. The van der Waals surface area contributed by atoms with E-state index in [4.69, 9.17) is 22.8 Å². The van der Waals surface area contributed by atoms with Crippen molar-refractivity contribution in [1.29, 1.82) is 0 Å². The highest BCUT2D eigenvalue weighted by atomic mass is 28.4. The number of rotatable bonds is 9. The molecule has 0 saturated carbocycles. The van der Waals surface area contributed by atoms with Gasteiger partial charge in [-0.1, -0.05) is 13.5 Å². The lowest BCUT2D eigenvalue weighted by atomic mass is 10.5. The van der Waals surface area contributed by atoms with Gasteiger partial charge in [0.2, 0.25) is 6.29 Å². The van der Waals surface area contributed by atoms with Crippen LogP contribution in [0.15, 0.2) is 12.7 Å². The van der Waals surface area contributed by atoms with Crippen LogP contribution in [-0.2, 0) is 27.5 Å². The lowest BCUT2D eigenvalue weighted by Gasteiger charge is -2.32. The number of esters is 1. The zero-order valence-corrected chi connectivity index (χ0v) is 12.6. The monoisotopic (exact) mass is 278 g/mol. The second kappa shape index (κ2) is 8.38. The molecule has 0 amide bonds. The van der Waals surface area contributed by atoms with Gasteiger partial charge in [0.1, 0.15) is 5.73 Å². The van der Waals surface area contributed by atoms with Gasteiger partial charge in [0.25, 0.3) is 0 Å². The van der Waals surface area contributed by atoms with Crippen molar-refractivity contribution in [1.82, 2.24) is 0 Å². The Bertz CT molecular complexity index is 258. The van der Waals surface area contributed by atoms with E-state index in [2.05, 4.69) is 6.58 Å². The highest BCUT2D eigenvalue weighted by Crippen LogP contribution is 2.19. The van der Waals surface area contributed by atoms with E-state index >= 15 is 0 Å². The van der Waals surface area contributed by atoms with Crippen molar-refractivity contribution < 1.29 is 27.5 Å². The van der Waals surface area contributed by atoms with Gasteiger partial charge < -0.3 is 22.8 Å². The molecule has 0 aliphatic rings. The fraction of sp³-hybridized carbons (Fsp3) is 0.727. The summed E-state index contributed by atoms with van der Waals surface area (Å²) in [6.07, 6.45) is 0.958. The van der Waals surface area contributed by atoms with Crippen molar-refractivity contribution in [3.05, 3.63) is 12.7 Å². The first-order chi connectivity index (χ1) is 8.49. The lowest BCUT2D eigenvalue weighted by molar-refractivity contribution is -0.178. The van der Waals surface area contributed by atoms with Crippen LogP contribution in [0.1, 0.15) is 20.3 Å². The summed E-state index contributed by atoms with van der Waals surface area (Å²) in [7, 11) is 1.61. The molecular formula is C11H22O6Si. The van der Waals surface area contributed by atoms with Gasteiger partial charge in [0.15, 0.2) is 0 Å². The molecule has 0 fully saturated rings. The van der Waals surface area contributed by atoms with Gasteiger partial charge in [-0.2, -0.15) is 0 Å². The topological polar surface area (TPSA) is 63.2 Å². The van der Waals surface area contributed by atoms with Crippen molar-refractivity contribution in [2.75, 3.05) is 21.3 Å². The third-order valence-electron chi connectivity index (χ3n) is 2.42. The molecule has 0 rings (SSSR count). The molecule has 0 bridgehead atoms. The van der Waals surface area contributed by atoms with Crippen molar-refractivity contribution in [3.63, 3.8) is 0 Å². The molecule has 6 nitrogen and oxygen atoms in total. The van der Waals surface area contributed by atoms with Crippen LogP contribution in [0.2, 0.25) is 0 Å². The summed E-state index contributed by atoms with van der Waals surface area (Å²) in [5, 5.41) is 0. The summed E-state index contributed by atoms with van der Waals surface area (Å²) in [5.74, 6) is -0.545. The average molecular weight is 278 g/mol. The van der Waals surface area contributed by atoms with Crippen molar-refractivity contribution in [2.24, 2.45) is 0 Å². The number of carbonyl (C=O) groups excluding carboxylic acids is 1. The molecule has 0 aliphatic carbocycles. The normalized spacial score (nSPS) is 14.9. The Labute approximate surface area is 109 Å². The lowest BCUT2D eigenvalue weighted by Crippen LogP contribution is -2.56. The minimum Gasteiger partial charge on any atom is -0.433 e. The maximum Gasteiger partial charge on any atom is 0.530 e. The Morgan fingerprint density at radius 3 is 2.11 bits per heavy atom. The molecule has 2 unspecified atom stereocenters. The van der Waals surface area contributed by atoms with Gasteiger partial charge in [-0.25, -0.2) is 4.79 Å². The summed E-state index contributed by atoms with van der Waals surface area (Å²) < 4.78 is 26.5. The van der Waals surface area contributed by atoms with E-state index in [-0.39, 0.29) is 0 Å². The van der Waals surface area contributed by atoms with Crippen LogP contribution >= 0.6 is 0 Å². The zero-order valence-electron chi connectivity index (χ0n) is 11.6. The SMILES string of the molecule is C=CC(=O)OC(C)OC(CC)[Si](OC)(OC)OC. The van der Waals surface area contributed by atoms with E-state index < -0.39 is 26.8 Å². The smallest absolute Gasteiger partial charge is 0.433 e. The Morgan fingerprint density at radius 1 is 1.28 bits per heavy atom. The highest BCUT2D eigenvalue weighted by Gasteiger charge is 2.48. The molecule has 0 aromatic rings. The first kappa shape index (κ1) is 17.3. The van der Waals surface area contributed by atoms with Gasteiger partial charge in [0, 0.05) is 27.4 Å². The highest BCUT2D eigenvalue weighted by molar-refractivity contribution is 6.62. The predicted molar refractivity (Wildman–Crippen MR) is 67.7 cm³/mol. The second-order valence-corrected chi connectivity index (χ2v) is 6.53. The summed E-state index contributed by atoms with van der Waals surface area (Å²) in [4.78, 5) is 11.0. The van der Waals surface area contributed by atoms with Gasteiger partial charge in [-0.15, -0.1) is 0 Å². The first-order valence-corrected chi connectivity index (χ1v) is 7.43. The Kier molecular flexibility index (Phi) is 8.04. The van der Waals surface area contributed by atoms with Crippen LogP contribution in [-0.4, -0.2) is 48.1 Å². The molecule has 0 heterocycles.